The van der Waals surface area contributed by atoms with E-state index in [4.69, 9.17) is 11.6 Å². The Balaban J connectivity index is 1.76. The topological polar surface area (TPSA) is 0 Å². The predicted molar refractivity (Wildman–Crippen MR) is 69.7 cm³/mol. The molecule has 0 nitrogen and oxygen atoms in total. The third-order valence-electron chi connectivity index (χ3n) is 3.84. The Morgan fingerprint density at radius 1 is 1.40 bits per heavy atom. The molecule has 0 amide bonds. The van der Waals surface area contributed by atoms with Crippen molar-refractivity contribution in [1.82, 2.24) is 0 Å². The summed E-state index contributed by atoms with van der Waals surface area (Å²) < 4.78 is 1.24. The summed E-state index contributed by atoms with van der Waals surface area (Å²) in [5.41, 5.74) is 1.32. The number of rotatable bonds is 2. The van der Waals surface area contributed by atoms with E-state index in [0.717, 1.165) is 17.8 Å². The third-order valence-corrected chi connectivity index (χ3v) is 6.78. The molecule has 2 saturated carbocycles. The van der Waals surface area contributed by atoms with Gasteiger partial charge in [-0.15, -0.1) is 22.9 Å². The Hall–Kier alpha value is 0.470. The highest BCUT2D eigenvalue weighted by Crippen LogP contribution is 2.58. The van der Waals surface area contributed by atoms with E-state index in [1.807, 2.05) is 11.3 Å². The van der Waals surface area contributed by atoms with Crippen molar-refractivity contribution in [3.63, 3.8) is 0 Å². The quantitative estimate of drug-likeness (QED) is 0.663. The minimum Gasteiger partial charge on any atom is -0.131 e. The van der Waals surface area contributed by atoms with Gasteiger partial charge in [-0.05, 0) is 71.5 Å². The van der Waals surface area contributed by atoms with E-state index in [0.29, 0.717) is 0 Å². The fourth-order valence-electron chi connectivity index (χ4n) is 2.85. The number of hydrogen-bond donors (Lipinski definition) is 0. The van der Waals surface area contributed by atoms with Crippen molar-refractivity contribution in [1.29, 1.82) is 0 Å². The van der Waals surface area contributed by atoms with Crippen molar-refractivity contribution >= 4 is 38.9 Å². The van der Waals surface area contributed by atoms with Gasteiger partial charge in [0, 0.05) is 4.88 Å². The van der Waals surface area contributed by atoms with Crippen LogP contribution in [0.5, 0.6) is 0 Å². The molecule has 82 valence electrons. The summed E-state index contributed by atoms with van der Waals surface area (Å²) in [6.07, 6.45) is 4.22. The van der Waals surface area contributed by atoms with Gasteiger partial charge in [0.2, 0.25) is 0 Å². The first-order valence-corrected chi connectivity index (χ1v) is 7.59. The Morgan fingerprint density at radius 2 is 2.07 bits per heavy atom. The summed E-state index contributed by atoms with van der Waals surface area (Å²) in [4.78, 5) is 1.35. The third kappa shape index (κ3) is 1.89. The van der Waals surface area contributed by atoms with Crippen LogP contribution in [0.1, 0.15) is 35.1 Å². The van der Waals surface area contributed by atoms with E-state index < -0.39 is 0 Å². The molecule has 0 saturated heterocycles. The number of aryl methyl sites for hydroxylation is 1. The molecule has 0 aliphatic heterocycles. The van der Waals surface area contributed by atoms with Gasteiger partial charge in [-0.1, -0.05) is 0 Å². The van der Waals surface area contributed by atoms with Crippen molar-refractivity contribution in [3.8, 4) is 0 Å². The smallest absolute Gasteiger partial charge is 0.0731 e. The molecule has 0 radical (unpaired) electrons. The van der Waals surface area contributed by atoms with E-state index in [-0.39, 0.29) is 5.38 Å². The maximum atomic E-state index is 6.57. The zero-order valence-electron chi connectivity index (χ0n) is 8.67. The summed E-state index contributed by atoms with van der Waals surface area (Å²) in [7, 11) is 0. The molecular formula is C12H14BrClS. The van der Waals surface area contributed by atoms with Crippen molar-refractivity contribution < 1.29 is 0 Å². The number of halogens is 2. The van der Waals surface area contributed by atoms with Crippen LogP contribution in [-0.2, 0) is 0 Å². The van der Waals surface area contributed by atoms with Crippen molar-refractivity contribution in [2.24, 2.45) is 17.8 Å². The molecule has 0 aromatic carbocycles. The fraction of sp³-hybridized carbons (Fsp3) is 0.667. The molecule has 2 aliphatic rings. The molecule has 3 heteroatoms. The van der Waals surface area contributed by atoms with Gasteiger partial charge in [0.15, 0.2) is 0 Å². The highest BCUT2D eigenvalue weighted by Gasteiger charge is 2.47. The summed E-state index contributed by atoms with van der Waals surface area (Å²) in [5, 5.41) is 0.257. The minimum absolute atomic E-state index is 0.257. The first kappa shape index (κ1) is 10.6. The van der Waals surface area contributed by atoms with Crippen molar-refractivity contribution in [2.75, 3.05) is 0 Å². The highest BCUT2D eigenvalue weighted by molar-refractivity contribution is 9.11. The average molecular weight is 306 g/mol. The standard InChI is InChI=1S/C12H14BrClS/c1-6-2-10(15-12(6)13)11(14)9-4-7-3-8(7)5-9/h2,7-9,11H,3-5H2,1H3. The largest absolute Gasteiger partial charge is 0.131 e. The minimum atomic E-state index is 0.257. The van der Waals surface area contributed by atoms with E-state index in [9.17, 15) is 0 Å². The van der Waals surface area contributed by atoms with Crippen molar-refractivity contribution in [3.05, 3.63) is 20.3 Å². The molecule has 2 fully saturated rings. The zero-order chi connectivity index (χ0) is 10.6. The number of fused-ring (bicyclic) bond motifs is 1. The molecular weight excluding hydrogens is 292 g/mol. The van der Waals surface area contributed by atoms with Crippen LogP contribution in [0.15, 0.2) is 9.85 Å². The zero-order valence-corrected chi connectivity index (χ0v) is 11.8. The van der Waals surface area contributed by atoms with Gasteiger partial charge < -0.3 is 0 Å². The van der Waals surface area contributed by atoms with Crippen LogP contribution in [0.4, 0.5) is 0 Å². The molecule has 15 heavy (non-hydrogen) atoms. The SMILES string of the molecule is Cc1cc(C(Cl)C2CC3CC3C2)sc1Br. The Kier molecular flexibility index (Phi) is 2.65. The monoisotopic (exact) mass is 304 g/mol. The van der Waals surface area contributed by atoms with Crippen LogP contribution < -0.4 is 0 Å². The van der Waals surface area contributed by atoms with Gasteiger partial charge in [0.05, 0.1) is 9.16 Å². The number of thiophene rings is 1. The van der Waals surface area contributed by atoms with Crippen LogP contribution in [0.3, 0.4) is 0 Å². The predicted octanol–water partition coefficient (Wildman–Crippen LogP) is 5.15. The van der Waals surface area contributed by atoms with Crippen LogP contribution >= 0.6 is 38.9 Å². The van der Waals surface area contributed by atoms with Crippen molar-refractivity contribution in [2.45, 2.75) is 31.6 Å². The summed E-state index contributed by atoms with van der Waals surface area (Å²) in [6.45, 7) is 2.14. The molecule has 1 aromatic rings. The van der Waals surface area contributed by atoms with Gasteiger partial charge in [-0.2, -0.15) is 0 Å². The second kappa shape index (κ2) is 3.75. The van der Waals surface area contributed by atoms with Crippen LogP contribution in [0, 0.1) is 24.7 Å². The maximum absolute atomic E-state index is 6.57. The second-order valence-electron chi connectivity index (χ2n) is 4.99. The summed E-state index contributed by atoms with van der Waals surface area (Å²) in [6, 6.07) is 2.25. The van der Waals surface area contributed by atoms with Gasteiger partial charge in [-0.25, -0.2) is 0 Å². The molecule has 0 spiro atoms. The number of alkyl halides is 1. The molecule has 3 rings (SSSR count). The first-order valence-electron chi connectivity index (χ1n) is 5.55. The normalized spacial score (nSPS) is 35.3. The molecule has 3 atom stereocenters. The van der Waals surface area contributed by atoms with E-state index >= 15 is 0 Å². The van der Waals surface area contributed by atoms with E-state index in [2.05, 4.69) is 28.9 Å². The van der Waals surface area contributed by atoms with Gasteiger partial charge in [0.25, 0.3) is 0 Å². The molecule has 1 aromatic heterocycles. The number of hydrogen-bond acceptors (Lipinski definition) is 1. The Labute approximate surface area is 108 Å². The summed E-state index contributed by atoms with van der Waals surface area (Å²) >= 11 is 12.0. The van der Waals surface area contributed by atoms with Crippen LogP contribution in [0.2, 0.25) is 0 Å². The van der Waals surface area contributed by atoms with E-state index in [1.54, 1.807) is 0 Å². The van der Waals surface area contributed by atoms with E-state index in [1.165, 1.54) is 33.5 Å². The lowest BCUT2D eigenvalue weighted by Gasteiger charge is -2.16. The first-order chi connectivity index (χ1) is 7.15. The second-order valence-corrected chi connectivity index (χ2v) is 7.87. The van der Waals surface area contributed by atoms with Gasteiger partial charge in [-0.3, -0.25) is 0 Å². The molecule has 0 N–H and O–H groups in total. The van der Waals surface area contributed by atoms with Crippen LogP contribution in [0.25, 0.3) is 0 Å². The average Bonchev–Trinajstić information content (AvgIpc) is 2.66. The van der Waals surface area contributed by atoms with Gasteiger partial charge >= 0.3 is 0 Å². The summed E-state index contributed by atoms with van der Waals surface area (Å²) in [5.74, 6) is 2.79. The van der Waals surface area contributed by atoms with Gasteiger partial charge in [0.1, 0.15) is 0 Å². The van der Waals surface area contributed by atoms with Crippen LogP contribution in [-0.4, -0.2) is 0 Å². The maximum Gasteiger partial charge on any atom is 0.0731 e. The lowest BCUT2D eigenvalue weighted by Crippen LogP contribution is -2.04. The lowest BCUT2D eigenvalue weighted by atomic mass is 9.98. The molecule has 2 aliphatic carbocycles. The molecule has 3 unspecified atom stereocenters. The Morgan fingerprint density at radius 3 is 2.60 bits per heavy atom. The fourth-order valence-corrected chi connectivity index (χ4v) is 4.90. The lowest BCUT2D eigenvalue weighted by molar-refractivity contribution is 0.475. The molecule has 0 bridgehead atoms. The Bertz CT molecular complexity index is 357. The molecule has 1 heterocycles. The highest BCUT2D eigenvalue weighted by atomic mass is 79.9.